The first kappa shape index (κ1) is 18.2. The molecule has 0 saturated carbocycles. The lowest BCUT2D eigenvalue weighted by atomic mass is 10.2. The summed E-state index contributed by atoms with van der Waals surface area (Å²) < 4.78 is 10.7. The van der Waals surface area contributed by atoms with E-state index in [9.17, 15) is 4.79 Å². The van der Waals surface area contributed by atoms with Gasteiger partial charge in [-0.1, -0.05) is 29.9 Å². The van der Waals surface area contributed by atoms with Crippen molar-refractivity contribution in [2.24, 2.45) is 0 Å². The Morgan fingerprint density at radius 3 is 2.79 bits per heavy atom. The number of carbonyl (C=O) groups excluding carboxylic acids is 1. The van der Waals surface area contributed by atoms with Crippen molar-refractivity contribution < 1.29 is 14.3 Å². The number of benzene rings is 1. The number of carbonyl (C=O) groups is 1. The van der Waals surface area contributed by atoms with Crippen LogP contribution in [0.1, 0.15) is 24.4 Å². The molecule has 1 heterocycles. The fraction of sp³-hybridized carbons (Fsp3) is 0.312. The van der Waals surface area contributed by atoms with Gasteiger partial charge in [0.05, 0.1) is 18.7 Å². The highest BCUT2D eigenvalue weighted by Gasteiger charge is 2.11. The summed E-state index contributed by atoms with van der Waals surface area (Å²) in [6, 6.07) is 3.46. The van der Waals surface area contributed by atoms with Crippen LogP contribution in [0, 0.1) is 0 Å². The minimum absolute atomic E-state index is 0.294. The molecule has 0 aliphatic rings. The first-order valence-electron chi connectivity index (χ1n) is 7.39. The Morgan fingerprint density at radius 2 is 2.17 bits per heavy atom. The van der Waals surface area contributed by atoms with Gasteiger partial charge in [-0.3, -0.25) is 10.1 Å². The molecule has 1 aromatic carbocycles. The normalized spacial score (nSPS) is 10.8. The van der Waals surface area contributed by atoms with Crippen molar-refractivity contribution >= 4 is 40.1 Å². The summed E-state index contributed by atoms with van der Waals surface area (Å²) in [5.41, 5.74) is 0.724. The molecular weight excluding hydrogens is 350 g/mol. The Hall–Kier alpha value is -2.12. The Labute approximate surface area is 149 Å². The van der Waals surface area contributed by atoms with Gasteiger partial charge in [0.2, 0.25) is 11.0 Å². The number of nitrogens with zero attached hydrogens (tertiary/aromatic N) is 2. The number of amides is 1. The van der Waals surface area contributed by atoms with Crippen molar-refractivity contribution in [3.8, 4) is 11.5 Å². The van der Waals surface area contributed by atoms with E-state index in [2.05, 4.69) is 15.5 Å². The highest BCUT2D eigenvalue weighted by Crippen LogP contribution is 2.36. The van der Waals surface area contributed by atoms with Crippen molar-refractivity contribution in [1.82, 2.24) is 10.2 Å². The third-order valence-electron chi connectivity index (χ3n) is 2.97. The maximum Gasteiger partial charge on any atom is 0.250 e. The second-order valence-corrected chi connectivity index (χ2v) is 6.11. The molecule has 1 amide bonds. The molecule has 0 aliphatic carbocycles. The third-order valence-corrected chi connectivity index (χ3v) is 4.23. The van der Waals surface area contributed by atoms with Crippen LogP contribution in [0.2, 0.25) is 5.02 Å². The van der Waals surface area contributed by atoms with E-state index in [1.165, 1.54) is 24.5 Å². The van der Waals surface area contributed by atoms with Crippen molar-refractivity contribution in [2.75, 3.05) is 19.0 Å². The molecule has 0 aliphatic heterocycles. The number of aromatic nitrogens is 2. The lowest BCUT2D eigenvalue weighted by Gasteiger charge is -2.11. The summed E-state index contributed by atoms with van der Waals surface area (Å²) in [4.78, 5) is 11.9. The second-order valence-electron chi connectivity index (χ2n) is 4.64. The van der Waals surface area contributed by atoms with Crippen LogP contribution in [0.4, 0.5) is 5.13 Å². The summed E-state index contributed by atoms with van der Waals surface area (Å²) in [6.45, 7) is 4.33. The highest BCUT2D eigenvalue weighted by atomic mass is 35.5. The predicted octanol–water partition coefficient (Wildman–Crippen LogP) is 3.81. The second kappa shape index (κ2) is 8.65. The molecule has 1 N–H and O–H groups in total. The van der Waals surface area contributed by atoms with Gasteiger partial charge in [-0.25, -0.2) is 0 Å². The number of nitrogens with one attached hydrogen (secondary N) is 1. The summed E-state index contributed by atoms with van der Waals surface area (Å²) in [6.07, 6.45) is 3.83. The molecule has 0 fully saturated rings. The molecule has 128 valence electrons. The molecule has 1 aromatic heterocycles. The zero-order chi connectivity index (χ0) is 17.5. The molecule has 2 aromatic rings. The van der Waals surface area contributed by atoms with E-state index in [0.29, 0.717) is 28.3 Å². The van der Waals surface area contributed by atoms with Crippen LogP contribution >= 0.6 is 22.9 Å². The topological polar surface area (TPSA) is 73.3 Å². The van der Waals surface area contributed by atoms with E-state index in [4.69, 9.17) is 21.1 Å². The first-order chi connectivity index (χ1) is 11.6. The molecule has 0 radical (unpaired) electrons. The monoisotopic (exact) mass is 367 g/mol. The van der Waals surface area contributed by atoms with Crippen molar-refractivity contribution in [3.05, 3.63) is 33.8 Å². The van der Waals surface area contributed by atoms with Crippen LogP contribution in [0.5, 0.6) is 11.5 Å². The zero-order valence-corrected chi connectivity index (χ0v) is 15.2. The van der Waals surface area contributed by atoms with Gasteiger partial charge in [0.1, 0.15) is 5.01 Å². The van der Waals surface area contributed by atoms with Crippen molar-refractivity contribution in [3.63, 3.8) is 0 Å². The van der Waals surface area contributed by atoms with Crippen molar-refractivity contribution in [2.45, 2.75) is 20.3 Å². The molecule has 0 atom stereocenters. The molecule has 0 bridgehead atoms. The van der Waals surface area contributed by atoms with Gasteiger partial charge >= 0.3 is 0 Å². The number of methoxy groups -OCH3 is 1. The first-order valence-corrected chi connectivity index (χ1v) is 8.58. The number of anilines is 1. The van der Waals surface area contributed by atoms with E-state index in [0.717, 1.165) is 17.0 Å². The van der Waals surface area contributed by atoms with Crippen LogP contribution in [-0.4, -0.2) is 29.8 Å². The van der Waals surface area contributed by atoms with E-state index in [-0.39, 0.29) is 5.91 Å². The number of halogens is 1. The number of hydrogen-bond acceptors (Lipinski definition) is 6. The Balaban J connectivity index is 2.10. The summed E-state index contributed by atoms with van der Waals surface area (Å²) >= 11 is 7.55. The van der Waals surface area contributed by atoms with Gasteiger partial charge < -0.3 is 9.47 Å². The number of rotatable bonds is 7. The van der Waals surface area contributed by atoms with Gasteiger partial charge in [-0.05, 0) is 37.1 Å². The van der Waals surface area contributed by atoms with Gasteiger partial charge in [0.25, 0.3) is 0 Å². The quantitative estimate of drug-likeness (QED) is 0.753. The van der Waals surface area contributed by atoms with Crippen LogP contribution in [0.15, 0.2) is 18.2 Å². The smallest absolute Gasteiger partial charge is 0.250 e. The molecule has 0 spiro atoms. The van der Waals surface area contributed by atoms with E-state index >= 15 is 0 Å². The average molecular weight is 368 g/mol. The van der Waals surface area contributed by atoms with E-state index < -0.39 is 0 Å². The molecule has 2 rings (SSSR count). The van der Waals surface area contributed by atoms with E-state index in [1.54, 1.807) is 18.2 Å². The zero-order valence-electron chi connectivity index (χ0n) is 13.6. The van der Waals surface area contributed by atoms with Crippen LogP contribution < -0.4 is 14.8 Å². The molecule has 6 nitrogen and oxygen atoms in total. The maximum absolute atomic E-state index is 11.9. The molecule has 0 unspecified atom stereocenters. The molecule has 0 saturated heterocycles. The standard InChI is InChI=1S/C16H18ClN3O3S/c1-4-14-19-20-16(24-14)18-13(21)7-6-10-8-11(17)15(23-5-2)12(9-10)22-3/h6-9H,4-5H2,1-3H3,(H,18,20,21). The van der Waals surface area contributed by atoms with Crippen LogP contribution in [-0.2, 0) is 11.2 Å². The fourth-order valence-corrected chi connectivity index (χ4v) is 2.84. The maximum atomic E-state index is 11.9. The molecular formula is C16H18ClN3O3S. The SMILES string of the molecule is CCOc1c(Cl)cc(C=CC(=O)Nc2nnc(CC)s2)cc1OC. The largest absolute Gasteiger partial charge is 0.493 e. The summed E-state index contributed by atoms with van der Waals surface area (Å²) in [7, 11) is 1.54. The minimum atomic E-state index is -0.294. The lowest BCUT2D eigenvalue weighted by molar-refractivity contribution is -0.111. The third kappa shape index (κ3) is 4.69. The van der Waals surface area contributed by atoms with E-state index in [1.807, 2.05) is 13.8 Å². The number of ether oxygens (including phenoxy) is 2. The average Bonchev–Trinajstić information content (AvgIpc) is 3.02. The number of hydrogen-bond donors (Lipinski definition) is 1. The molecule has 24 heavy (non-hydrogen) atoms. The predicted molar refractivity (Wildman–Crippen MR) is 96.1 cm³/mol. The number of aryl methyl sites for hydroxylation is 1. The minimum Gasteiger partial charge on any atom is -0.493 e. The molecule has 8 heteroatoms. The van der Waals surface area contributed by atoms with Gasteiger partial charge in [-0.15, -0.1) is 10.2 Å². The Kier molecular flexibility index (Phi) is 6.57. The Morgan fingerprint density at radius 1 is 1.38 bits per heavy atom. The highest BCUT2D eigenvalue weighted by molar-refractivity contribution is 7.15. The summed E-state index contributed by atoms with van der Waals surface area (Å²) in [5.74, 6) is 0.711. The fourth-order valence-electron chi connectivity index (χ4n) is 1.89. The Bertz CT molecular complexity index is 746. The van der Waals surface area contributed by atoms with Gasteiger partial charge in [0, 0.05) is 6.08 Å². The summed E-state index contributed by atoms with van der Waals surface area (Å²) in [5, 5.41) is 12.3. The van der Waals surface area contributed by atoms with Crippen molar-refractivity contribution in [1.29, 1.82) is 0 Å². The van der Waals surface area contributed by atoms with Crippen LogP contribution in [0.3, 0.4) is 0 Å². The van der Waals surface area contributed by atoms with Gasteiger partial charge in [-0.2, -0.15) is 0 Å². The van der Waals surface area contributed by atoms with Gasteiger partial charge in [0.15, 0.2) is 11.5 Å². The lowest BCUT2D eigenvalue weighted by Crippen LogP contribution is -2.07. The van der Waals surface area contributed by atoms with Crippen LogP contribution in [0.25, 0.3) is 6.08 Å².